The Morgan fingerprint density at radius 2 is 2.14 bits per heavy atom. The van der Waals surface area contributed by atoms with Crippen LogP contribution in [0.5, 0.6) is 5.75 Å². The topological polar surface area (TPSA) is 68.5 Å². The van der Waals surface area contributed by atoms with Crippen LogP contribution in [0.4, 0.5) is 4.39 Å². The maximum absolute atomic E-state index is 13.3. The molecule has 1 heterocycles. The summed E-state index contributed by atoms with van der Waals surface area (Å²) in [4.78, 5) is -0.226. The zero-order valence-corrected chi connectivity index (χ0v) is 12.5. The van der Waals surface area contributed by atoms with Gasteiger partial charge in [-0.2, -0.15) is 0 Å². The van der Waals surface area contributed by atoms with E-state index in [1.807, 2.05) is 0 Å². The highest BCUT2D eigenvalue weighted by atomic mass is 32.2. The first-order chi connectivity index (χ1) is 9.92. The molecule has 0 radical (unpaired) electrons. The third kappa shape index (κ3) is 3.83. The van der Waals surface area contributed by atoms with Gasteiger partial charge >= 0.3 is 0 Å². The highest BCUT2D eigenvalue weighted by Gasteiger charge is 2.23. The summed E-state index contributed by atoms with van der Waals surface area (Å²) in [5, 5.41) is 0. The molecule has 1 aromatic heterocycles. The van der Waals surface area contributed by atoms with Gasteiger partial charge in [-0.15, -0.1) is 0 Å². The van der Waals surface area contributed by atoms with Gasteiger partial charge in [0.2, 0.25) is 10.0 Å². The van der Waals surface area contributed by atoms with Gasteiger partial charge in [-0.3, -0.25) is 0 Å². The van der Waals surface area contributed by atoms with Crippen LogP contribution >= 0.6 is 0 Å². The molecule has 0 bridgehead atoms. The molecule has 1 atom stereocenters. The number of halogens is 1. The molecule has 0 aliphatic heterocycles. The number of hydrogen-bond acceptors (Lipinski definition) is 4. The van der Waals surface area contributed by atoms with Gasteiger partial charge in [0.05, 0.1) is 13.4 Å². The van der Waals surface area contributed by atoms with E-state index in [0.717, 1.165) is 12.1 Å². The molecule has 21 heavy (non-hydrogen) atoms. The molecule has 0 fully saturated rings. The number of rotatable bonds is 6. The molecular formula is C14H16FNO4S. The van der Waals surface area contributed by atoms with E-state index in [1.165, 1.54) is 19.4 Å². The molecule has 2 rings (SSSR count). The summed E-state index contributed by atoms with van der Waals surface area (Å²) in [7, 11) is -2.55. The molecule has 1 N–H and O–H groups in total. The third-order valence-corrected chi connectivity index (χ3v) is 4.47. The molecule has 1 aromatic carbocycles. The molecule has 0 saturated heterocycles. The number of sulfonamides is 1. The zero-order chi connectivity index (χ0) is 15.5. The normalized spacial score (nSPS) is 13.1. The number of ether oxygens (including phenoxy) is 1. The van der Waals surface area contributed by atoms with E-state index in [9.17, 15) is 12.8 Å². The lowest BCUT2D eigenvalue weighted by atomic mass is 10.2. The maximum Gasteiger partial charge on any atom is 0.244 e. The van der Waals surface area contributed by atoms with Crippen molar-refractivity contribution in [2.24, 2.45) is 0 Å². The standard InChI is InChI=1S/C14H16FNO4S/c1-10(8-12-4-3-7-20-12)16-21(17,18)14-9-11(15)5-6-13(14)19-2/h3-7,9-10,16H,8H2,1-2H3/t10-/m0/s1. The Morgan fingerprint density at radius 1 is 1.38 bits per heavy atom. The molecule has 5 nitrogen and oxygen atoms in total. The van der Waals surface area contributed by atoms with Crippen LogP contribution in [0.3, 0.4) is 0 Å². The van der Waals surface area contributed by atoms with Crippen LogP contribution in [0, 0.1) is 5.82 Å². The second kappa shape index (κ2) is 6.28. The summed E-state index contributed by atoms with van der Waals surface area (Å²) >= 11 is 0. The fourth-order valence-corrected chi connectivity index (χ4v) is 3.39. The van der Waals surface area contributed by atoms with E-state index >= 15 is 0 Å². The van der Waals surface area contributed by atoms with Crippen molar-refractivity contribution >= 4 is 10.0 Å². The average Bonchev–Trinajstić information content (AvgIpc) is 2.90. The van der Waals surface area contributed by atoms with Crippen LogP contribution in [-0.4, -0.2) is 21.6 Å². The van der Waals surface area contributed by atoms with Gasteiger partial charge < -0.3 is 9.15 Å². The van der Waals surface area contributed by atoms with Crippen molar-refractivity contribution in [3.05, 3.63) is 48.2 Å². The smallest absolute Gasteiger partial charge is 0.244 e. The Bertz CT molecular complexity index is 698. The van der Waals surface area contributed by atoms with Gasteiger partial charge in [0.1, 0.15) is 22.2 Å². The van der Waals surface area contributed by atoms with Crippen LogP contribution in [0.2, 0.25) is 0 Å². The van der Waals surface area contributed by atoms with Crippen LogP contribution in [0.1, 0.15) is 12.7 Å². The number of hydrogen-bond donors (Lipinski definition) is 1. The summed E-state index contributed by atoms with van der Waals surface area (Å²) in [6.45, 7) is 1.70. The number of furan rings is 1. The van der Waals surface area contributed by atoms with Crippen molar-refractivity contribution in [1.29, 1.82) is 0 Å². The second-order valence-corrected chi connectivity index (χ2v) is 6.28. The molecule has 0 unspecified atom stereocenters. The SMILES string of the molecule is COc1ccc(F)cc1S(=O)(=O)N[C@@H](C)Cc1ccco1. The van der Waals surface area contributed by atoms with Gasteiger partial charge in [0.25, 0.3) is 0 Å². The van der Waals surface area contributed by atoms with E-state index in [0.29, 0.717) is 12.2 Å². The lowest BCUT2D eigenvalue weighted by molar-refractivity contribution is 0.400. The monoisotopic (exact) mass is 313 g/mol. The van der Waals surface area contributed by atoms with E-state index in [1.54, 1.807) is 19.1 Å². The van der Waals surface area contributed by atoms with Gasteiger partial charge in [-0.05, 0) is 37.3 Å². The van der Waals surface area contributed by atoms with Crippen molar-refractivity contribution in [3.8, 4) is 5.75 Å². The molecule has 114 valence electrons. The molecule has 7 heteroatoms. The summed E-state index contributed by atoms with van der Waals surface area (Å²) < 4.78 is 50.5. The van der Waals surface area contributed by atoms with Gasteiger partial charge in [0, 0.05) is 12.5 Å². The Labute approximate surface area is 122 Å². The largest absolute Gasteiger partial charge is 0.495 e. The molecule has 0 aliphatic carbocycles. The fraction of sp³-hybridized carbons (Fsp3) is 0.286. The minimum atomic E-state index is -3.88. The quantitative estimate of drug-likeness (QED) is 0.889. The first-order valence-corrected chi connectivity index (χ1v) is 7.79. The summed E-state index contributed by atoms with van der Waals surface area (Å²) in [6, 6.07) is 6.43. The van der Waals surface area contributed by atoms with Crippen LogP contribution in [0.25, 0.3) is 0 Å². The van der Waals surface area contributed by atoms with E-state index in [-0.39, 0.29) is 10.6 Å². The average molecular weight is 313 g/mol. The van der Waals surface area contributed by atoms with Crippen molar-refractivity contribution < 1.29 is 22.0 Å². The molecule has 2 aromatic rings. The number of benzene rings is 1. The van der Waals surface area contributed by atoms with E-state index in [4.69, 9.17) is 9.15 Å². The molecule has 0 saturated carbocycles. The molecular weight excluding hydrogens is 297 g/mol. The van der Waals surface area contributed by atoms with Crippen LogP contribution in [-0.2, 0) is 16.4 Å². The Balaban J connectivity index is 2.20. The lowest BCUT2D eigenvalue weighted by Gasteiger charge is -2.15. The number of methoxy groups -OCH3 is 1. The summed E-state index contributed by atoms with van der Waals surface area (Å²) in [5.41, 5.74) is 0. The zero-order valence-electron chi connectivity index (χ0n) is 11.7. The summed E-state index contributed by atoms with van der Waals surface area (Å²) in [6.07, 6.45) is 1.91. The van der Waals surface area contributed by atoms with Gasteiger partial charge in [0.15, 0.2) is 0 Å². The Kier molecular flexibility index (Phi) is 4.64. The fourth-order valence-electron chi connectivity index (χ4n) is 1.96. The lowest BCUT2D eigenvalue weighted by Crippen LogP contribution is -2.34. The van der Waals surface area contributed by atoms with E-state index < -0.39 is 21.9 Å². The summed E-state index contributed by atoms with van der Waals surface area (Å²) in [5.74, 6) is 0.111. The van der Waals surface area contributed by atoms with Crippen LogP contribution < -0.4 is 9.46 Å². The van der Waals surface area contributed by atoms with Crippen molar-refractivity contribution in [3.63, 3.8) is 0 Å². The van der Waals surface area contributed by atoms with Crippen molar-refractivity contribution in [2.45, 2.75) is 24.3 Å². The molecule has 0 aliphatic rings. The first-order valence-electron chi connectivity index (χ1n) is 6.30. The van der Waals surface area contributed by atoms with Crippen molar-refractivity contribution in [2.75, 3.05) is 7.11 Å². The second-order valence-electron chi connectivity index (χ2n) is 4.60. The number of nitrogens with one attached hydrogen (secondary N) is 1. The first kappa shape index (κ1) is 15.5. The predicted octanol–water partition coefficient (Wildman–Crippen LogP) is 2.34. The van der Waals surface area contributed by atoms with Gasteiger partial charge in [-0.25, -0.2) is 17.5 Å². The Morgan fingerprint density at radius 3 is 2.76 bits per heavy atom. The van der Waals surface area contributed by atoms with Crippen LogP contribution in [0.15, 0.2) is 45.9 Å². The third-order valence-electron chi connectivity index (χ3n) is 2.86. The maximum atomic E-state index is 13.3. The highest BCUT2D eigenvalue weighted by Crippen LogP contribution is 2.24. The minimum absolute atomic E-state index is 0.0918. The highest BCUT2D eigenvalue weighted by molar-refractivity contribution is 7.89. The predicted molar refractivity (Wildman–Crippen MR) is 75.1 cm³/mol. The van der Waals surface area contributed by atoms with E-state index in [2.05, 4.69) is 4.72 Å². The van der Waals surface area contributed by atoms with Gasteiger partial charge in [-0.1, -0.05) is 0 Å². The Hall–Kier alpha value is -1.86. The van der Waals surface area contributed by atoms with Crippen molar-refractivity contribution in [1.82, 2.24) is 4.72 Å². The molecule has 0 amide bonds. The molecule has 0 spiro atoms. The minimum Gasteiger partial charge on any atom is -0.495 e.